The van der Waals surface area contributed by atoms with Crippen LogP contribution in [0.4, 0.5) is 17.1 Å². The number of benzene rings is 7. The Morgan fingerprint density at radius 2 is 0.824 bits per heavy atom. The number of hydrogen-bond donors (Lipinski definition) is 0. The molecular formula is C45H28N4O2. The molecule has 1 aliphatic rings. The Hall–Kier alpha value is -7.05. The van der Waals surface area contributed by atoms with Crippen molar-refractivity contribution in [2.24, 2.45) is 0 Å². The van der Waals surface area contributed by atoms with Gasteiger partial charge in [-0.15, -0.1) is 0 Å². The van der Waals surface area contributed by atoms with Gasteiger partial charge in [-0.25, -0.2) is 15.0 Å². The molecule has 6 heteroatoms. The summed E-state index contributed by atoms with van der Waals surface area (Å²) in [7, 11) is 0. The molecule has 0 N–H and O–H groups in total. The van der Waals surface area contributed by atoms with Crippen LogP contribution in [0.1, 0.15) is 0 Å². The number of fused-ring (bicyclic) bond motifs is 5. The third kappa shape index (κ3) is 5.09. The zero-order valence-corrected chi connectivity index (χ0v) is 27.3. The van der Waals surface area contributed by atoms with Crippen LogP contribution in [-0.2, 0) is 0 Å². The molecule has 3 heterocycles. The molecule has 0 saturated carbocycles. The van der Waals surface area contributed by atoms with E-state index < -0.39 is 0 Å². The van der Waals surface area contributed by atoms with Gasteiger partial charge in [-0.05, 0) is 59.7 Å². The minimum atomic E-state index is 0.579. The van der Waals surface area contributed by atoms with Gasteiger partial charge in [0.25, 0.3) is 0 Å². The van der Waals surface area contributed by atoms with Crippen molar-refractivity contribution in [3.05, 3.63) is 170 Å². The second-order valence-electron chi connectivity index (χ2n) is 12.5. The molecule has 0 amide bonds. The molecule has 0 spiro atoms. The molecule has 0 radical (unpaired) electrons. The van der Waals surface area contributed by atoms with E-state index in [2.05, 4.69) is 83.8 Å². The van der Waals surface area contributed by atoms with Crippen LogP contribution in [0, 0.1) is 0 Å². The van der Waals surface area contributed by atoms with Gasteiger partial charge in [0.05, 0.1) is 17.1 Å². The largest absolute Gasteiger partial charge is 0.456 e. The third-order valence-corrected chi connectivity index (χ3v) is 9.32. The lowest BCUT2D eigenvalue weighted by Gasteiger charge is -2.32. The number of para-hydroxylation sites is 4. The minimum Gasteiger partial charge on any atom is -0.456 e. The number of furan rings is 1. The minimum absolute atomic E-state index is 0.579. The maximum Gasteiger partial charge on any atom is 0.164 e. The maximum absolute atomic E-state index is 6.58. The Bertz CT molecular complexity index is 2680. The number of nitrogens with zero attached hydrogens (tertiary/aromatic N) is 4. The summed E-state index contributed by atoms with van der Waals surface area (Å²) in [6, 6.07) is 57.5. The summed E-state index contributed by atoms with van der Waals surface area (Å²) in [5, 5.41) is 2.06. The summed E-state index contributed by atoms with van der Waals surface area (Å²) in [6.07, 6.45) is 0. The smallest absolute Gasteiger partial charge is 0.164 e. The molecule has 0 bridgehead atoms. The van der Waals surface area contributed by atoms with Gasteiger partial charge in [-0.1, -0.05) is 115 Å². The molecule has 1 aliphatic heterocycles. The molecular weight excluding hydrogens is 629 g/mol. The van der Waals surface area contributed by atoms with Crippen LogP contribution in [0.2, 0.25) is 0 Å². The third-order valence-electron chi connectivity index (χ3n) is 9.32. The fourth-order valence-electron chi connectivity index (χ4n) is 6.82. The first-order valence-electron chi connectivity index (χ1n) is 16.9. The lowest BCUT2D eigenvalue weighted by molar-refractivity contribution is 0.477. The predicted molar refractivity (Wildman–Crippen MR) is 204 cm³/mol. The van der Waals surface area contributed by atoms with E-state index >= 15 is 0 Å². The average molecular weight is 657 g/mol. The molecule has 0 fully saturated rings. The van der Waals surface area contributed by atoms with Crippen LogP contribution in [-0.4, -0.2) is 15.0 Å². The molecule has 0 aliphatic carbocycles. The fraction of sp³-hybridized carbons (Fsp3) is 0. The predicted octanol–water partition coefficient (Wildman–Crippen LogP) is 12.0. The van der Waals surface area contributed by atoms with E-state index in [0.717, 1.165) is 78.3 Å². The van der Waals surface area contributed by atoms with Crippen molar-refractivity contribution in [2.45, 2.75) is 0 Å². The van der Waals surface area contributed by atoms with Gasteiger partial charge >= 0.3 is 0 Å². The van der Waals surface area contributed by atoms with Crippen LogP contribution in [0.15, 0.2) is 174 Å². The summed E-state index contributed by atoms with van der Waals surface area (Å²) in [5.74, 6) is 3.42. The summed E-state index contributed by atoms with van der Waals surface area (Å²) in [6.45, 7) is 0. The highest BCUT2D eigenvalue weighted by molar-refractivity contribution is 6.07. The summed E-state index contributed by atoms with van der Waals surface area (Å²) < 4.78 is 12.8. The first-order chi connectivity index (χ1) is 25.2. The van der Waals surface area contributed by atoms with E-state index in [9.17, 15) is 0 Å². The Labute approximate surface area is 293 Å². The van der Waals surface area contributed by atoms with Crippen molar-refractivity contribution in [1.82, 2.24) is 15.0 Å². The molecule has 9 aromatic rings. The van der Waals surface area contributed by atoms with Crippen LogP contribution in [0.5, 0.6) is 11.5 Å². The number of hydrogen-bond acceptors (Lipinski definition) is 6. The number of aromatic nitrogens is 3. The van der Waals surface area contributed by atoms with E-state index in [4.69, 9.17) is 24.1 Å². The highest BCUT2D eigenvalue weighted by Gasteiger charge is 2.26. The number of anilines is 3. The molecule has 240 valence electrons. The molecule has 0 atom stereocenters. The molecule has 2 aromatic heterocycles. The van der Waals surface area contributed by atoms with E-state index in [-0.39, 0.29) is 0 Å². The monoisotopic (exact) mass is 656 g/mol. The Balaban J connectivity index is 1.06. The number of ether oxygens (including phenoxy) is 1. The van der Waals surface area contributed by atoms with Gasteiger partial charge in [-0.2, -0.15) is 0 Å². The topological polar surface area (TPSA) is 64.3 Å². The standard InChI is InChI=1S/C45H28N4O2/c1-3-11-29(12-4-1)30-19-21-32(22-20-30)44-46-43(31-13-5-2-6-14-31)47-45(48-44)33-23-25-35-36-26-24-34(28-42(36)51-41(35)27-33)49-37-15-7-9-17-39(37)50-40-18-10-8-16-38(40)49/h1-28H. The highest BCUT2D eigenvalue weighted by Crippen LogP contribution is 2.50. The van der Waals surface area contributed by atoms with Crippen LogP contribution in [0.25, 0.3) is 67.2 Å². The Morgan fingerprint density at radius 1 is 0.373 bits per heavy atom. The zero-order chi connectivity index (χ0) is 33.7. The quantitative estimate of drug-likeness (QED) is 0.184. The van der Waals surface area contributed by atoms with E-state index in [1.54, 1.807) is 0 Å². The summed E-state index contributed by atoms with van der Waals surface area (Å²) in [4.78, 5) is 17.1. The van der Waals surface area contributed by atoms with Crippen molar-refractivity contribution < 1.29 is 9.15 Å². The van der Waals surface area contributed by atoms with E-state index in [1.165, 1.54) is 0 Å². The van der Waals surface area contributed by atoms with Gasteiger partial charge in [0.15, 0.2) is 29.0 Å². The number of rotatable bonds is 5. The van der Waals surface area contributed by atoms with Gasteiger partial charge < -0.3 is 14.1 Å². The maximum atomic E-state index is 6.58. The van der Waals surface area contributed by atoms with Crippen LogP contribution in [0.3, 0.4) is 0 Å². The van der Waals surface area contributed by atoms with Crippen LogP contribution >= 0.6 is 0 Å². The lowest BCUT2D eigenvalue weighted by atomic mass is 10.0. The first kappa shape index (κ1) is 28.9. The van der Waals surface area contributed by atoms with Crippen molar-refractivity contribution >= 4 is 39.0 Å². The second-order valence-corrected chi connectivity index (χ2v) is 12.5. The zero-order valence-electron chi connectivity index (χ0n) is 27.3. The first-order valence-corrected chi connectivity index (χ1v) is 16.9. The van der Waals surface area contributed by atoms with Crippen molar-refractivity contribution in [3.63, 3.8) is 0 Å². The van der Waals surface area contributed by atoms with Gasteiger partial charge in [0.2, 0.25) is 0 Å². The molecule has 7 aromatic carbocycles. The van der Waals surface area contributed by atoms with Crippen molar-refractivity contribution in [2.75, 3.05) is 4.90 Å². The second kappa shape index (κ2) is 11.8. The van der Waals surface area contributed by atoms with Gasteiger partial charge in [0, 0.05) is 33.5 Å². The van der Waals surface area contributed by atoms with Gasteiger partial charge in [0.1, 0.15) is 11.2 Å². The summed E-state index contributed by atoms with van der Waals surface area (Å²) in [5.41, 5.74) is 9.47. The fourth-order valence-corrected chi connectivity index (χ4v) is 6.82. The molecule has 10 rings (SSSR count). The highest BCUT2D eigenvalue weighted by atomic mass is 16.5. The molecule has 0 saturated heterocycles. The lowest BCUT2D eigenvalue weighted by Crippen LogP contribution is -2.15. The van der Waals surface area contributed by atoms with Gasteiger partial charge in [-0.3, -0.25) is 0 Å². The van der Waals surface area contributed by atoms with E-state index in [0.29, 0.717) is 17.5 Å². The Kier molecular flexibility index (Phi) is 6.70. The SMILES string of the molecule is c1ccc(-c2ccc(-c3nc(-c4ccccc4)nc(-c4ccc5c(c4)oc4cc(N6c7ccccc7Oc7ccccc76)ccc45)n3)cc2)cc1. The Morgan fingerprint density at radius 3 is 1.47 bits per heavy atom. The molecule has 0 unspecified atom stereocenters. The summed E-state index contributed by atoms with van der Waals surface area (Å²) >= 11 is 0. The molecule has 6 nitrogen and oxygen atoms in total. The van der Waals surface area contributed by atoms with Crippen molar-refractivity contribution in [1.29, 1.82) is 0 Å². The normalized spacial score (nSPS) is 12.0. The van der Waals surface area contributed by atoms with Crippen LogP contribution < -0.4 is 9.64 Å². The van der Waals surface area contributed by atoms with E-state index in [1.807, 2.05) is 91.0 Å². The molecule has 51 heavy (non-hydrogen) atoms. The average Bonchev–Trinajstić information content (AvgIpc) is 3.57. The van der Waals surface area contributed by atoms with Crippen molar-refractivity contribution in [3.8, 4) is 56.8 Å².